The maximum Gasteiger partial charge on any atom is 0.243 e. The van der Waals surface area contributed by atoms with E-state index < -0.39 is 32.5 Å². The van der Waals surface area contributed by atoms with Gasteiger partial charge in [-0.15, -0.1) is 0 Å². The molecule has 2 aliphatic rings. The highest BCUT2D eigenvalue weighted by Crippen LogP contribution is 2.34. The second-order valence-electron chi connectivity index (χ2n) is 8.87. The second kappa shape index (κ2) is 12.2. The lowest BCUT2D eigenvalue weighted by atomic mass is 10.2. The number of hydrogen-bond acceptors (Lipinski definition) is 8. The van der Waals surface area contributed by atoms with Gasteiger partial charge >= 0.3 is 0 Å². The first-order valence-corrected chi connectivity index (χ1v) is 15.7. The van der Waals surface area contributed by atoms with E-state index in [0.717, 1.165) is 23.6 Å². The molecule has 2 heterocycles. The maximum atomic E-state index is 12.8. The minimum Gasteiger partial charge on any atom is -0.492 e. The van der Waals surface area contributed by atoms with Gasteiger partial charge in [0.25, 0.3) is 0 Å². The molecule has 0 spiro atoms. The Hall–Kier alpha value is -3.03. The highest BCUT2D eigenvalue weighted by atomic mass is 32.2. The molecule has 0 saturated carbocycles. The number of ether oxygens (including phenoxy) is 3. The van der Waals surface area contributed by atoms with Crippen LogP contribution in [0.4, 0.5) is 5.69 Å². The van der Waals surface area contributed by atoms with Gasteiger partial charge in [0.05, 0.1) is 22.9 Å². The molecule has 2 aromatic rings. The van der Waals surface area contributed by atoms with Gasteiger partial charge in [0.15, 0.2) is 11.5 Å². The van der Waals surface area contributed by atoms with Gasteiger partial charge in [0, 0.05) is 19.2 Å². The lowest BCUT2D eigenvalue weighted by Crippen LogP contribution is -2.42. The number of rotatable bonds is 11. The van der Waals surface area contributed by atoms with Gasteiger partial charge in [-0.25, -0.2) is 16.8 Å². The first-order chi connectivity index (χ1) is 18.2. The average Bonchev–Trinajstić information content (AvgIpc) is 2.94. The van der Waals surface area contributed by atoms with Crippen LogP contribution in [0.25, 0.3) is 0 Å². The Balaban J connectivity index is 1.30. The smallest absolute Gasteiger partial charge is 0.243 e. The molecule has 0 atom stereocenters. The zero-order valence-corrected chi connectivity index (χ0v) is 22.9. The standard InChI is InChI=1S/C25H33N3O8S2/c1-2-37(30,31)28(20-6-11-23-24(18-20)36-17-16-35-23)19-25(29)26-12-15-34-21-7-9-22(10-8-21)38(32,33)27-13-4-3-5-14-27/h6-11,18H,2-5,12-17,19H2,1H3,(H,26,29). The molecular weight excluding hydrogens is 534 g/mol. The van der Waals surface area contributed by atoms with Gasteiger partial charge in [-0.05, 0) is 56.2 Å². The summed E-state index contributed by atoms with van der Waals surface area (Å²) in [6.07, 6.45) is 2.77. The number of carbonyl (C=O) groups is 1. The van der Waals surface area contributed by atoms with E-state index >= 15 is 0 Å². The highest BCUT2D eigenvalue weighted by molar-refractivity contribution is 7.92. The number of hydrogen-bond donors (Lipinski definition) is 1. The molecule has 2 aliphatic heterocycles. The van der Waals surface area contributed by atoms with Crippen LogP contribution in [0.3, 0.4) is 0 Å². The Bertz CT molecular complexity index is 1320. The number of benzene rings is 2. The molecular formula is C25H33N3O8S2. The summed E-state index contributed by atoms with van der Waals surface area (Å²) >= 11 is 0. The van der Waals surface area contributed by atoms with E-state index in [4.69, 9.17) is 14.2 Å². The van der Waals surface area contributed by atoms with E-state index in [1.807, 2.05) is 0 Å². The van der Waals surface area contributed by atoms with Gasteiger partial charge in [0.2, 0.25) is 26.0 Å². The Morgan fingerprint density at radius 1 is 0.974 bits per heavy atom. The third-order valence-corrected chi connectivity index (χ3v) is 9.92. The van der Waals surface area contributed by atoms with Crippen LogP contribution in [0.15, 0.2) is 47.4 Å². The van der Waals surface area contributed by atoms with Crippen molar-refractivity contribution in [2.45, 2.75) is 31.1 Å². The van der Waals surface area contributed by atoms with Crippen LogP contribution in [-0.2, 0) is 24.8 Å². The van der Waals surface area contributed by atoms with Crippen LogP contribution in [0.5, 0.6) is 17.2 Å². The molecule has 0 aliphatic carbocycles. The fourth-order valence-electron chi connectivity index (χ4n) is 4.20. The summed E-state index contributed by atoms with van der Waals surface area (Å²) < 4.78 is 70.2. The molecule has 0 bridgehead atoms. The number of sulfonamides is 2. The monoisotopic (exact) mass is 567 g/mol. The Labute approximate surface area is 223 Å². The summed E-state index contributed by atoms with van der Waals surface area (Å²) in [7, 11) is -7.26. The van der Waals surface area contributed by atoms with Gasteiger partial charge < -0.3 is 19.5 Å². The van der Waals surface area contributed by atoms with Crippen LogP contribution in [0, 0.1) is 0 Å². The van der Waals surface area contributed by atoms with Gasteiger partial charge in [-0.3, -0.25) is 9.10 Å². The Morgan fingerprint density at radius 2 is 1.66 bits per heavy atom. The summed E-state index contributed by atoms with van der Waals surface area (Å²) in [4.78, 5) is 12.8. The molecule has 13 heteroatoms. The number of anilines is 1. The number of fused-ring (bicyclic) bond motifs is 1. The molecule has 208 valence electrons. The molecule has 4 rings (SSSR count). The molecule has 0 aromatic heterocycles. The fraction of sp³-hybridized carbons (Fsp3) is 0.480. The summed E-state index contributed by atoms with van der Waals surface area (Å²) in [5.41, 5.74) is 0.307. The van der Waals surface area contributed by atoms with E-state index in [2.05, 4.69) is 5.32 Å². The number of amides is 1. The van der Waals surface area contributed by atoms with Crippen molar-refractivity contribution >= 4 is 31.6 Å². The van der Waals surface area contributed by atoms with Crippen molar-refractivity contribution in [2.75, 3.05) is 56.1 Å². The van der Waals surface area contributed by atoms with Gasteiger partial charge in [-0.2, -0.15) is 4.31 Å². The number of piperidine rings is 1. The minimum atomic E-state index is -3.74. The summed E-state index contributed by atoms with van der Waals surface area (Å²) in [6.45, 7) is 3.19. The van der Waals surface area contributed by atoms with Crippen molar-refractivity contribution in [3.8, 4) is 17.2 Å². The van der Waals surface area contributed by atoms with Gasteiger partial charge in [0.1, 0.15) is 32.1 Å². The van der Waals surface area contributed by atoms with Crippen molar-refractivity contribution in [1.29, 1.82) is 0 Å². The van der Waals surface area contributed by atoms with Crippen molar-refractivity contribution < 1.29 is 35.8 Å². The number of carbonyl (C=O) groups excluding carboxylic acids is 1. The summed E-state index contributed by atoms with van der Waals surface area (Å²) in [6, 6.07) is 10.9. The molecule has 1 saturated heterocycles. The lowest BCUT2D eigenvalue weighted by Gasteiger charge is -2.26. The molecule has 1 N–H and O–H groups in total. The Kier molecular flexibility index (Phi) is 9.00. The van der Waals surface area contributed by atoms with E-state index in [9.17, 15) is 21.6 Å². The number of nitrogens with zero attached hydrogens (tertiary/aromatic N) is 2. The quantitative estimate of drug-likeness (QED) is 0.408. The van der Waals surface area contributed by atoms with Crippen molar-refractivity contribution in [2.24, 2.45) is 0 Å². The molecule has 0 radical (unpaired) electrons. The molecule has 1 fully saturated rings. The average molecular weight is 568 g/mol. The molecule has 0 unspecified atom stereocenters. The van der Waals surface area contributed by atoms with E-state index in [0.29, 0.717) is 49.2 Å². The Morgan fingerprint density at radius 3 is 2.34 bits per heavy atom. The van der Waals surface area contributed by atoms with Crippen molar-refractivity contribution in [1.82, 2.24) is 9.62 Å². The minimum absolute atomic E-state index is 0.120. The van der Waals surface area contributed by atoms with E-state index in [-0.39, 0.29) is 23.8 Å². The van der Waals surface area contributed by atoms with Crippen LogP contribution >= 0.6 is 0 Å². The molecule has 2 aromatic carbocycles. The van der Waals surface area contributed by atoms with Crippen molar-refractivity contribution in [3.05, 3.63) is 42.5 Å². The molecule has 38 heavy (non-hydrogen) atoms. The van der Waals surface area contributed by atoms with Crippen molar-refractivity contribution in [3.63, 3.8) is 0 Å². The highest BCUT2D eigenvalue weighted by Gasteiger charge is 2.27. The third kappa shape index (κ3) is 6.69. The molecule has 1 amide bonds. The first-order valence-electron chi connectivity index (χ1n) is 12.6. The van der Waals surface area contributed by atoms with E-state index in [1.165, 1.54) is 23.4 Å². The zero-order chi connectivity index (χ0) is 27.2. The van der Waals surface area contributed by atoms with Gasteiger partial charge in [-0.1, -0.05) is 6.42 Å². The summed E-state index contributed by atoms with van der Waals surface area (Å²) in [5, 5.41) is 2.66. The molecule has 11 nitrogen and oxygen atoms in total. The second-order valence-corrected chi connectivity index (χ2v) is 13.0. The SMILES string of the molecule is CCS(=O)(=O)N(CC(=O)NCCOc1ccc(S(=O)(=O)N2CCCCC2)cc1)c1ccc2c(c1)OCCO2. The fourth-order valence-corrected chi connectivity index (χ4v) is 6.78. The zero-order valence-electron chi connectivity index (χ0n) is 21.3. The van der Waals surface area contributed by atoms with Crippen LogP contribution < -0.4 is 23.8 Å². The largest absolute Gasteiger partial charge is 0.492 e. The van der Waals surface area contributed by atoms with Crippen LogP contribution in [-0.4, -0.2) is 78.8 Å². The predicted octanol–water partition coefficient (Wildman–Crippen LogP) is 1.98. The maximum absolute atomic E-state index is 12.8. The normalized spacial score (nSPS) is 16.0. The first kappa shape index (κ1) is 28.0. The summed E-state index contributed by atoms with van der Waals surface area (Å²) in [5.74, 6) is 0.731. The van der Waals surface area contributed by atoms with E-state index in [1.54, 1.807) is 30.3 Å². The predicted molar refractivity (Wildman–Crippen MR) is 142 cm³/mol. The van der Waals surface area contributed by atoms with Crippen LogP contribution in [0.2, 0.25) is 0 Å². The lowest BCUT2D eigenvalue weighted by molar-refractivity contribution is -0.119. The van der Waals surface area contributed by atoms with Crippen LogP contribution in [0.1, 0.15) is 26.2 Å². The number of nitrogens with one attached hydrogen (secondary N) is 1. The third-order valence-electron chi connectivity index (χ3n) is 6.27. The topological polar surface area (TPSA) is 132 Å².